The van der Waals surface area contributed by atoms with Gasteiger partial charge in [-0.2, -0.15) is 0 Å². The summed E-state index contributed by atoms with van der Waals surface area (Å²) in [5.74, 6) is 0.340. The van der Waals surface area contributed by atoms with Gasteiger partial charge in [0.25, 0.3) is 0 Å². The fourth-order valence-corrected chi connectivity index (χ4v) is 3.27. The summed E-state index contributed by atoms with van der Waals surface area (Å²) in [6, 6.07) is 6.69. The monoisotopic (exact) mass is 432 g/mol. The Morgan fingerprint density at radius 3 is 2.17 bits per heavy atom. The average Bonchev–Trinajstić information content (AvgIpc) is 2.74. The molecule has 7 N–H and O–H groups in total. The molecule has 11 nitrogen and oxygen atoms in total. The van der Waals surface area contributed by atoms with Crippen molar-refractivity contribution in [2.75, 3.05) is 19.8 Å². The van der Waals surface area contributed by atoms with Crippen LogP contribution in [0.25, 0.3) is 0 Å². The maximum atomic E-state index is 10.2. The minimum atomic E-state index is -1.59. The number of aliphatic hydroxyl groups excluding tert-OH is 7. The molecular formula is C19H28O11. The third kappa shape index (κ3) is 5.26. The minimum absolute atomic E-state index is 0.00576. The molecule has 2 saturated heterocycles. The summed E-state index contributed by atoms with van der Waals surface area (Å²) >= 11 is 0. The van der Waals surface area contributed by atoms with Crippen molar-refractivity contribution < 1.29 is 54.7 Å². The fraction of sp³-hybridized carbons (Fsp3) is 0.684. The second-order valence-corrected chi connectivity index (χ2v) is 7.33. The van der Waals surface area contributed by atoms with E-state index in [0.717, 1.165) is 5.56 Å². The number of aliphatic hydroxyl groups is 7. The number of rotatable bonds is 7. The Hall–Kier alpha value is -1.38. The summed E-state index contributed by atoms with van der Waals surface area (Å²) in [6.07, 6.45) is -12.1. The summed E-state index contributed by atoms with van der Waals surface area (Å²) in [5, 5.41) is 68.6. The van der Waals surface area contributed by atoms with Gasteiger partial charge in [-0.1, -0.05) is 12.1 Å². The highest BCUT2D eigenvalue weighted by Crippen LogP contribution is 2.26. The summed E-state index contributed by atoms with van der Waals surface area (Å²) in [7, 11) is 0. The van der Waals surface area contributed by atoms with Crippen LogP contribution in [-0.2, 0) is 20.6 Å². The Morgan fingerprint density at radius 2 is 1.50 bits per heavy atom. The van der Waals surface area contributed by atoms with E-state index in [1.54, 1.807) is 24.3 Å². The molecule has 1 aromatic carbocycles. The van der Waals surface area contributed by atoms with Gasteiger partial charge in [-0.25, -0.2) is 0 Å². The second kappa shape index (κ2) is 10.3. The van der Waals surface area contributed by atoms with Crippen LogP contribution in [0.2, 0.25) is 0 Å². The molecule has 0 unspecified atom stereocenters. The van der Waals surface area contributed by atoms with E-state index in [1.165, 1.54) is 0 Å². The molecule has 11 heteroatoms. The highest BCUT2D eigenvalue weighted by molar-refractivity contribution is 5.27. The molecule has 0 bridgehead atoms. The highest BCUT2D eigenvalue weighted by Gasteiger charge is 2.46. The molecule has 3 rings (SSSR count). The van der Waals surface area contributed by atoms with Crippen LogP contribution in [0.5, 0.6) is 5.75 Å². The van der Waals surface area contributed by atoms with Gasteiger partial charge >= 0.3 is 0 Å². The molecule has 0 spiro atoms. The molecule has 2 aliphatic heterocycles. The van der Waals surface area contributed by atoms with E-state index in [9.17, 15) is 30.6 Å². The number of benzene rings is 1. The molecular weight excluding hydrogens is 404 g/mol. The largest absolute Gasteiger partial charge is 0.462 e. The van der Waals surface area contributed by atoms with E-state index in [-0.39, 0.29) is 19.8 Å². The number of hydrogen-bond acceptors (Lipinski definition) is 11. The molecule has 0 radical (unpaired) electrons. The maximum Gasteiger partial charge on any atom is 0.229 e. The predicted octanol–water partition coefficient (Wildman–Crippen LogP) is -3.14. The Morgan fingerprint density at radius 1 is 0.833 bits per heavy atom. The zero-order chi connectivity index (χ0) is 21.8. The van der Waals surface area contributed by atoms with Crippen molar-refractivity contribution in [2.45, 2.75) is 61.7 Å². The summed E-state index contributed by atoms with van der Waals surface area (Å²) in [6.45, 7) is -0.604. The molecule has 1 aromatic rings. The first-order valence-corrected chi connectivity index (χ1v) is 9.65. The zero-order valence-electron chi connectivity index (χ0n) is 16.1. The van der Waals surface area contributed by atoms with Crippen molar-refractivity contribution >= 4 is 0 Å². The molecule has 2 heterocycles. The SMILES string of the molecule is OCCc1ccc(O[C@@H]2O[C@H](CO[C@@H]3OC[C@@H](O)[C@H](O)[C@H]3O)[C@@H](O)[C@H](O)[C@H]2O)cc1. The molecule has 170 valence electrons. The Kier molecular flexibility index (Phi) is 7.98. The van der Waals surface area contributed by atoms with Gasteiger partial charge in [0.15, 0.2) is 6.29 Å². The van der Waals surface area contributed by atoms with E-state index in [1.807, 2.05) is 0 Å². The molecule has 0 aromatic heterocycles. The van der Waals surface area contributed by atoms with Gasteiger partial charge < -0.3 is 54.7 Å². The lowest BCUT2D eigenvalue weighted by Gasteiger charge is -2.41. The standard InChI is InChI=1S/C19H28O11/c20-6-5-9-1-3-10(4-2-9)29-19-17(26)15(24)14(23)12(30-19)8-28-18-16(25)13(22)11(21)7-27-18/h1-4,11-26H,5-8H2/t11-,12-,13+,14-,15+,16-,17-,18+,19-/m1/s1. The van der Waals surface area contributed by atoms with Crippen molar-refractivity contribution in [1.29, 1.82) is 0 Å². The first kappa shape index (κ1) is 23.3. The van der Waals surface area contributed by atoms with Crippen LogP contribution in [0.1, 0.15) is 5.56 Å². The zero-order valence-corrected chi connectivity index (χ0v) is 16.1. The van der Waals surface area contributed by atoms with Crippen LogP contribution in [0, 0.1) is 0 Å². The van der Waals surface area contributed by atoms with Crippen LogP contribution >= 0.6 is 0 Å². The van der Waals surface area contributed by atoms with E-state index >= 15 is 0 Å². The highest BCUT2D eigenvalue weighted by atomic mass is 16.7. The minimum Gasteiger partial charge on any atom is -0.462 e. The first-order chi connectivity index (χ1) is 14.3. The van der Waals surface area contributed by atoms with Gasteiger partial charge in [-0.3, -0.25) is 0 Å². The second-order valence-electron chi connectivity index (χ2n) is 7.33. The van der Waals surface area contributed by atoms with Gasteiger partial charge in [0.05, 0.1) is 13.2 Å². The van der Waals surface area contributed by atoms with Crippen molar-refractivity contribution in [3.05, 3.63) is 29.8 Å². The molecule has 2 aliphatic rings. The van der Waals surface area contributed by atoms with Crippen LogP contribution in [0.4, 0.5) is 0 Å². The third-order valence-electron chi connectivity index (χ3n) is 5.12. The molecule has 9 atom stereocenters. The van der Waals surface area contributed by atoms with Crippen molar-refractivity contribution in [1.82, 2.24) is 0 Å². The third-order valence-corrected chi connectivity index (χ3v) is 5.12. The number of hydrogen-bond donors (Lipinski definition) is 7. The molecule has 0 aliphatic carbocycles. The van der Waals surface area contributed by atoms with E-state index in [0.29, 0.717) is 12.2 Å². The van der Waals surface area contributed by atoms with E-state index in [4.69, 9.17) is 24.1 Å². The van der Waals surface area contributed by atoms with Crippen LogP contribution < -0.4 is 4.74 Å². The van der Waals surface area contributed by atoms with Crippen LogP contribution in [0.15, 0.2) is 24.3 Å². The molecule has 0 amide bonds. The van der Waals surface area contributed by atoms with Gasteiger partial charge in [-0.05, 0) is 24.1 Å². The van der Waals surface area contributed by atoms with E-state index in [2.05, 4.69) is 0 Å². The van der Waals surface area contributed by atoms with Crippen molar-refractivity contribution in [3.8, 4) is 5.75 Å². The molecule has 2 fully saturated rings. The molecule has 0 saturated carbocycles. The summed E-state index contributed by atoms with van der Waals surface area (Å²) < 4.78 is 21.6. The smallest absolute Gasteiger partial charge is 0.229 e. The van der Waals surface area contributed by atoms with Gasteiger partial charge in [0.2, 0.25) is 6.29 Å². The van der Waals surface area contributed by atoms with Crippen LogP contribution in [-0.4, -0.2) is 111 Å². The van der Waals surface area contributed by atoms with Gasteiger partial charge in [0, 0.05) is 6.61 Å². The Labute approximate surface area is 172 Å². The predicted molar refractivity (Wildman–Crippen MR) is 98.3 cm³/mol. The van der Waals surface area contributed by atoms with Gasteiger partial charge in [0.1, 0.15) is 48.5 Å². The van der Waals surface area contributed by atoms with Crippen LogP contribution in [0.3, 0.4) is 0 Å². The average molecular weight is 432 g/mol. The lowest BCUT2D eigenvalue weighted by Crippen LogP contribution is -2.61. The Bertz CT molecular complexity index is 656. The summed E-state index contributed by atoms with van der Waals surface area (Å²) in [4.78, 5) is 0. The topological polar surface area (TPSA) is 179 Å². The fourth-order valence-electron chi connectivity index (χ4n) is 3.27. The maximum absolute atomic E-state index is 10.2. The number of ether oxygens (including phenoxy) is 4. The van der Waals surface area contributed by atoms with Crippen molar-refractivity contribution in [3.63, 3.8) is 0 Å². The quantitative estimate of drug-likeness (QED) is 0.232. The van der Waals surface area contributed by atoms with Gasteiger partial charge in [-0.15, -0.1) is 0 Å². The normalized spacial score (nSPS) is 39.6. The lowest BCUT2D eigenvalue weighted by atomic mass is 9.99. The summed E-state index contributed by atoms with van der Waals surface area (Å²) in [5.41, 5.74) is 0.884. The first-order valence-electron chi connectivity index (χ1n) is 9.65. The molecule has 30 heavy (non-hydrogen) atoms. The van der Waals surface area contributed by atoms with E-state index < -0.39 is 55.3 Å². The Balaban J connectivity index is 1.60. The van der Waals surface area contributed by atoms with Crippen molar-refractivity contribution in [2.24, 2.45) is 0 Å². The lowest BCUT2D eigenvalue weighted by molar-refractivity contribution is -0.307.